The molecule has 0 heterocycles. The number of nitrogens with zero attached hydrogens (tertiary/aromatic N) is 1. The molecule has 0 N–H and O–H groups in total. The summed E-state index contributed by atoms with van der Waals surface area (Å²) in [7, 11) is 0. The molecule has 0 radical (unpaired) electrons. The Labute approximate surface area is 60.7 Å². The van der Waals surface area contributed by atoms with Gasteiger partial charge in [0.1, 0.15) is 0 Å². The Kier molecular flexibility index (Phi) is 1.14. The third kappa shape index (κ3) is 0.690. The lowest BCUT2D eigenvalue weighted by atomic mass is 9.77. The standard InChI is InChI=1S/C9H9N/c10-6-9-5-7-1-3-8(9)4-2-7/h1,3,5,7-8H,2,4H2. The van der Waals surface area contributed by atoms with Gasteiger partial charge in [-0.25, -0.2) is 0 Å². The first kappa shape index (κ1) is 5.73. The van der Waals surface area contributed by atoms with Crippen molar-refractivity contribution < 1.29 is 0 Å². The van der Waals surface area contributed by atoms with Crippen LogP contribution < -0.4 is 0 Å². The summed E-state index contributed by atoms with van der Waals surface area (Å²) < 4.78 is 0. The van der Waals surface area contributed by atoms with E-state index >= 15 is 0 Å². The zero-order chi connectivity index (χ0) is 6.97. The van der Waals surface area contributed by atoms with Crippen LogP contribution >= 0.6 is 0 Å². The van der Waals surface area contributed by atoms with E-state index < -0.39 is 0 Å². The maximum atomic E-state index is 8.66. The van der Waals surface area contributed by atoms with E-state index in [9.17, 15) is 0 Å². The zero-order valence-corrected chi connectivity index (χ0v) is 5.75. The van der Waals surface area contributed by atoms with Gasteiger partial charge in [-0.15, -0.1) is 0 Å². The highest BCUT2D eigenvalue weighted by molar-refractivity contribution is 5.35. The van der Waals surface area contributed by atoms with Crippen LogP contribution in [0.2, 0.25) is 0 Å². The molecule has 0 aliphatic heterocycles. The van der Waals surface area contributed by atoms with E-state index in [4.69, 9.17) is 5.26 Å². The predicted molar refractivity (Wildman–Crippen MR) is 39.1 cm³/mol. The molecular weight excluding hydrogens is 122 g/mol. The van der Waals surface area contributed by atoms with Gasteiger partial charge < -0.3 is 0 Å². The van der Waals surface area contributed by atoms with Crippen LogP contribution in [0, 0.1) is 23.2 Å². The van der Waals surface area contributed by atoms with Crippen LogP contribution in [-0.4, -0.2) is 0 Å². The molecule has 10 heavy (non-hydrogen) atoms. The lowest BCUT2D eigenvalue weighted by molar-refractivity contribution is 0.515. The number of nitriles is 1. The van der Waals surface area contributed by atoms with Gasteiger partial charge in [0.25, 0.3) is 0 Å². The fourth-order valence-electron chi connectivity index (χ4n) is 1.71. The highest BCUT2D eigenvalue weighted by Gasteiger charge is 2.23. The van der Waals surface area contributed by atoms with Crippen LogP contribution in [0.25, 0.3) is 0 Å². The van der Waals surface area contributed by atoms with Gasteiger partial charge in [-0.3, -0.25) is 0 Å². The fraction of sp³-hybridized carbons (Fsp3) is 0.444. The molecule has 0 aromatic heterocycles. The second-order valence-electron chi connectivity index (χ2n) is 2.97. The van der Waals surface area contributed by atoms with Gasteiger partial charge in [0.05, 0.1) is 6.07 Å². The Balaban J connectivity index is 2.35. The van der Waals surface area contributed by atoms with Gasteiger partial charge >= 0.3 is 0 Å². The molecule has 0 amide bonds. The van der Waals surface area contributed by atoms with E-state index in [0.717, 1.165) is 5.57 Å². The van der Waals surface area contributed by atoms with Crippen molar-refractivity contribution in [1.29, 1.82) is 5.26 Å². The molecule has 1 nitrogen and oxygen atoms in total. The molecule has 0 aromatic rings. The summed E-state index contributed by atoms with van der Waals surface area (Å²) in [5.41, 5.74) is 0.985. The summed E-state index contributed by atoms with van der Waals surface area (Å²) in [5.74, 6) is 1.02. The van der Waals surface area contributed by atoms with E-state index in [-0.39, 0.29) is 0 Å². The summed E-state index contributed by atoms with van der Waals surface area (Å²) in [4.78, 5) is 0. The van der Waals surface area contributed by atoms with Gasteiger partial charge in [0.2, 0.25) is 0 Å². The highest BCUT2D eigenvalue weighted by Crippen LogP contribution is 2.34. The molecule has 3 rings (SSSR count). The second-order valence-corrected chi connectivity index (χ2v) is 2.97. The van der Waals surface area contributed by atoms with Gasteiger partial charge in [0, 0.05) is 11.5 Å². The van der Waals surface area contributed by atoms with Crippen molar-refractivity contribution >= 4 is 0 Å². The molecule has 0 saturated heterocycles. The molecule has 0 fully saturated rings. The average molecular weight is 131 g/mol. The number of hydrogen-bond acceptors (Lipinski definition) is 1. The van der Waals surface area contributed by atoms with Gasteiger partial charge in [-0.05, 0) is 18.8 Å². The van der Waals surface area contributed by atoms with Crippen molar-refractivity contribution in [2.45, 2.75) is 12.8 Å². The normalized spacial score (nSPS) is 35.3. The lowest BCUT2D eigenvalue weighted by Crippen LogP contribution is -2.15. The topological polar surface area (TPSA) is 23.8 Å². The number of allylic oxidation sites excluding steroid dienone is 4. The lowest BCUT2D eigenvalue weighted by Gasteiger charge is -2.26. The minimum absolute atomic E-state index is 0.454. The van der Waals surface area contributed by atoms with E-state index in [1.165, 1.54) is 12.8 Å². The third-order valence-corrected chi connectivity index (χ3v) is 2.32. The third-order valence-electron chi connectivity index (χ3n) is 2.32. The van der Waals surface area contributed by atoms with E-state index in [1.54, 1.807) is 0 Å². The quantitative estimate of drug-likeness (QED) is 0.461. The maximum absolute atomic E-state index is 8.66. The molecule has 2 bridgehead atoms. The van der Waals surface area contributed by atoms with Crippen LogP contribution in [0.4, 0.5) is 0 Å². The van der Waals surface area contributed by atoms with Crippen LogP contribution in [0.1, 0.15) is 12.8 Å². The van der Waals surface area contributed by atoms with Crippen LogP contribution in [0.5, 0.6) is 0 Å². The summed E-state index contributed by atoms with van der Waals surface area (Å²) in [5, 5.41) is 8.66. The van der Waals surface area contributed by atoms with E-state index in [1.807, 2.05) is 0 Å². The molecule has 3 aliphatic rings. The molecule has 1 heteroatoms. The van der Waals surface area contributed by atoms with Crippen molar-refractivity contribution in [2.75, 3.05) is 0 Å². The van der Waals surface area contributed by atoms with Gasteiger partial charge in [0.15, 0.2) is 0 Å². The second kappa shape index (κ2) is 1.98. The van der Waals surface area contributed by atoms with Gasteiger partial charge in [-0.2, -0.15) is 5.26 Å². The van der Waals surface area contributed by atoms with E-state index in [2.05, 4.69) is 24.3 Å². The summed E-state index contributed by atoms with van der Waals surface area (Å²) in [6.07, 6.45) is 8.92. The smallest absolute Gasteiger partial charge is 0.0950 e. The maximum Gasteiger partial charge on any atom is 0.0950 e. The Morgan fingerprint density at radius 1 is 1.40 bits per heavy atom. The van der Waals surface area contributed by atoms with Crippen molar-refractivity contribution in [2.24, 2.45) is 11.8 Å². The average Bonchev–Trinajstić information content (AvgIpc) is 2.06. The molecule has 3 aliphatic carbocycles. The summed E-state index contributed by atoms with van der Waals surface area (Å²) >= 11 is 0. The molecule has 0 spiro atoms. The Hall–Kier alpha value is -1.03. The number of fused-ring (bicyclic) bond motifs is 1. The van der Waals surface area contributed by atoms with Crippen molar-refractivity contribution in [3.63, 3.8) is 0 Å². The van der Waals surface area contributed by atoms with Crippen LogP contribution in [0.3, 0.4) is 0 Å². The molecule has 0 saturated carbocycles. The molecular formula is C9H9N. The van der Waals surface area contributed by atoms with Gasteiger partial charge in [-0.1, -0.05) is 18.2 Å². The minimum atomic E-state index is 0.454. The van der Waals surface area contributed by atoms with Crippen molar-refractivity contribution in [3.8, 4) is 6.07 Å². The molecule has 50 valence electrons. The first-order valence-electron chi connectivity index (χ1n) is 3.70. The first-order chi connectivity index (χ1) is 4.90. The Morgan fingerprint density at radius 3 is 2.60 bits per heavy atom. The summed E-state index contributed by atoms with van der Waals surface area (Å²) in [6, 6.07) is 2.25. The largest absolute Gasteiger partial charge is 0.193 e. The Bertz CT molecular complexity index is 242. The number of hydrogen-bond donors (Lipinski definition) is 0. The zero-order valence-electron chi connectivity index (χ0n) is 5.75. The first-order valence-corrected chi connectivity index (χ1v) is 3.70. The molecule has 2 atom stereocenters. The molecule has 0 aromatic carbocycles. The Morgan fingerprint density at radius 2 is 2.30 bits per heavy atom. The van der Waals surface area contributed by atoms with Crippen LogP contribution in [-0.2, 0) is 0 Å². The fourth-order valence-corrected chi connectivity index (χ4v) is 1.71. The van der Waals surface area contributed by atoms with Crippen LogP contribution in [0.15, 0.2) is 23.8 Å². The minimum Gasteiger partial charge on any atom is -0.193 e. The monoisotopic (exact) mass is 131 g/mol. The van der Waals surface area contributed by atoms with Crippen molar-refractivity contribution in [1.82, 2.24) is 0 Å². The number of rotatable bonds is 0. The highest BCUT2D eigenvalue weighted by atomic mass is 14.3. The predicted octanol–water partition coefficient (Wildman–Crippen LogP) is 2.03. The van der Waals surface area contributed by atoms with Crippen molar-refractivity contribution in [3.05, 3.63) is 23.8 Å². The SMILES string of the molecule is N#CC1=CC2C=CC1CC2. The summed E-state index contributed by atoms with van der Waals surface area (Å²) in [6.45, 7) is 0. The van der Waals surface area contributed by atoms with E-state index in [0.29, 0.717) is 11.8 Å². The molecule has 2 unspecified atom stereocenters.